The van der Waals surface area contributed by atoms with Crippen LogP contribution in [0.3, 0.4) is 0 Å². The van der Waals surface area contributed by atoms with Gasteiger partial charge in [-0.3, -0.25) is 4.90 Å². The normalized spacial score (nSPS) is 17.7. The van der Waals surface area contributed by atoms with Crippen molar-refractivity contribution in [1.82, 2.24) is 10.2 Å². The average Bonchev–Trinajstić information content (AvgIpc) is 2.34. The van der Waals surface area contributed by atoms with Crippen LogP contribution in [0.15, 0.2) is 12.1 Å². The lowest BCUT2D eigenvalue weighted by atomic mass is 9.80. The topological polar surface area (TPSA) is 15.3 Å². The summed E-state index contributed by atoms with van der Waals surface area (Å²) in [7, 11) is 0. The van der Waals surface area contributed by atoms with Crippen molar-refractivity contribution in [2.24, 2.45) is 0 Å². The van der Waals surface area contributed by atoms with Crippen molar-refractivity contribution in [3.63, 3.8) is 0 Å². The van der Waals surface area contributed by atoms with Gasteiger partial charge >= 0.3 is 0 Å². The maximum absolute atomic E-state index is 3.43. The first-order chi connectivity index (χ1) is 8.90. The number of piperazine rings is 1. The minimum Gasteiger partial charge on any atom is -0.314 e. The third kappa shape index (κ3) is 3.37. The number of nitrogens with zero attached hydrogens (tertiary/aromatic N) is 1. The van der Waals surface area contributed by atoms with Crippen molar-refractivity contribution in [3.05, 3.63) is 34.4 Å². The fraction of sp³-hybridized carbons (Fsp3) is 0.647. The molecule has 1 aliphatic rings. The van der Waals surface area contributed by atoms with Gasteiger partial charge in [0, 0.05) is 38.1 Å². The van der Waals surface area contributed by atoms with Crippen LogP contribution in [0.4, 0.5) is 0 Å². The Labute approximate surface area is 118 Å². The fourth-order valence-electron chi connectivity index (χ4n) is 3.20. The van der Waals surface area contributed by atoms with Crippen molar-refractivity contribution >= 4 is 0 Å². The summed E-state index contributed by atoms with van der Waals surface area (Å²) in [6, 6.07) is 4.73. The second-order valence-corrected chi connectivity index (χ2v) is 6.66. The molecule has 1 fully saturated rings. The Bertz CT molecular complexity index is 443. The molecule has 0 radical (unpaired) electrons. The van der Waals surface area contributed by atoms with E-state index >= 15 is 0 Å². The number of aryl methyl sites for hydroxylation is 3. The molecule has 0 saturated carbocycles. The lowest BCUT2D eigenvalue weighted by Gasteiger charge is -2.36. The van der Waals surface area contributed by atoms with Crippen LogP contribution in [0.2, 0.25) is 0 Å². The number of benzene rings is 1. The minimum absolute atomic E-state index is 0.222. The first-order valence-corrected chi connectivity index (χ1v) is 7.41. The molecule has 2 rings (SSSR count). The maximum atomic E-state index is 3.43. The summed E-state index contributed by atoms with van der Waals surface area (Å²) in [6.45, 7) is 17.2. The van der Waals surface area contributed by atoms with Gasteiger partial charge in [0.2, 0.25) is 0 Å². The van der Waals surface area contributed by atoms with Crippen LogP contribution in [-0.4, -0.2) is 37.6 Å². The lowest BCUT2D eigenvalue weighted by molar-refractivity contribution is 0.199. The summed E-state index contributed by atoms with van der Waals surface area (Å²) in [5.41, 5.74) is 5.98. The summed E-state index contributed by atoms with van der Waals surface area (Å²) in [5, 5.41) is 3.43. The SMILES string of the molecule is Cc1cc(C)c(C(C)(C)CN2CCNCC2)cc1C. The van der Waals surface area contributed by atoms with E-state index in [-0.39, 0.29) is 5.41 Å². The van der Waals surface area contributed by atoms with Gasteiger partial charge in [-0.2, -0.15) is 0 Å². The second-order valence-electron chi connectivity index (χ2n) is 6.66. The predicted molar refractivity (Wildman–Crippen MR) is 83.0 cm³/mol. The van der Waals surface area contributed by atoms with E-state index in [1.165, 1.54) is 35.3 Å². The van der Waals surface area contributed by atoms with Crippen molar-refractivity contribution in [2.75, 3.05) is 32.7 Å². The zero-order chi connectivity index (χ0) is 14.0. The molecule has 1 heterocycles. The standard InChI is InChI=1S/C17H28N2/c1-13-10-15(3)16(11-14(13)2)17(4,5)12-19-8-6-18-7-9-19/h10-11,18H,6-9,12H2,1-5H3. The van der Waals surface area contributed by atoms with Gasteiger partial charge in [0.05, 0.1) is 0 Å². The van der Waals surface area contributed by atoms with Gasteiger partial charge in [0.25, 0.3) is 0 Å². The molecule has 0 amide bonds. The monoisotopic (exact) mass is 260 g/mol. The largest absolute Gasteiger partial charge is 0.314 e. The second kappa shape index (κ2) is 5.64. The van der Waals surface area contributed by atoms with Gasteiger partial charge in [-0.1, -0.05) is 26.0 Å². The van der Waals surface area contributed by atoms with Crippen LogP contribution in [0, 0.1) is 20.8 Å². The summed E-state index contributed by atoms with van der Waals surface area (Å²) < 4.78 is 0. The summed E-state index contributed by atoms with van der Waals surface area (Å²) in [5.74, 6) is 0. The van der Waals surface area contributed by atoms with Crippen LogP contribution in [0.25, 0.3) is 0 Å². The first-order valence-electron chi connectivity index (χ1n) is 7.41. The highest BCUT2D eigenvalue weighted by molar-refractivity contribution is 5.40. The predicted octanol–water partition coefficient (Wildman–Crippen LogP) is 2.79. The first kappa shape index (κ1) is 14.5. The zero-order valence-corrected chi connectivity index (χ0v) is 13.1. The zero-order valence-electron chi connectivity index (χ0n) is 13.1. The van der Waals surface area contributed by atoms with Gasteiger partial charge in [0.1, 0.15) is 0 Å². The average molecular weight is 260 g/mol. The van der Waals surface area contributed by atoms with Crippen LogP contribution in [0.5, 0.6) is 0 Å². The molecule has 0 bridgehead atoms. The molecule has 0 aliphatic carbocycles. The molecule has 2 heteroatoms. The van der Waals surface area contributed by atoms with Gasteiger partial charge in [-0.25, -0.2) is 0 Å². The summed E-state index contributed by atoms with van der Waals surface area (Å²) in [6.07, 6.45) is 0. The van der Waals surface area contributed by atoms with E-state index in [9.17, 15) is 0 Å². The molecule has 2 nitrogen and oxygen atoms in total. The minimum atomic E-state index is 0.222. The Kier molecular flexibility index (Phi) is 4.32. The van der Waals surface area contributed by atoms with Gasteiger partial charge in [-0.05, 0) is 43.0 Å². The van der Waals surface area contributed by atoms with Crippen LogP contribution in [0.1, 0.15) is 36.1 Å². The maximum Gasteiger partial charge on any atom is 0.0108 e. The van der Waals surface area contributed by atoms with Gasteiger partial charge in [-0.15, -0.1) is 0 Å². The molecule has 1 saturated heterocycles. The summed E-state index contributed by atoms with van der Waals surface area (Å²) >= 11 is 0. The molecule has 0 unspecified atom stereocenters. The van der Waals surface area contributed by atoms with Crippen molar-refractivity contribution in [2.45, 2.75) is 40.0 Å². The number of rotatable bonds is 3. The number of hydrogen-bond donors (Lipinski definition) is 1. The molecule has 106 valence electrons. The van der Waals surface area contributed by atoms with E-state index < -0.39 is 0 Å². The quantitative estimate of drug-likeness (QED) is 0.899. The third-order valence-electron chi connectivity index (χ3n) is 4.40. The van der Waals surface area contributed by atoms with E-state index in [1.54, 1.807) is 0 Å². The molecule has 0 aromatic heterocycles. The smallest absolute Gasteiger partial charge is 0.0108 e. The molecule has 0 spiro atoms. The molecule has 1 aromatic carbocycles. The van der Waals surface area contributed by atoms with E-state index in [1.807, 2.05) is 0 Å². The number of hydrogen-bond acceptors (Lipinski definition) is 2. The Morgan fingerprint density at radius 2 is 1.58 bits per heavy atom. The van der Waals surface area contributed by atoms with Crippen LogP contribution >= 0.6 is 0 Å². The summed E-state index contributed by atoms with van der Waals surface area (Å²) in [4.78, 5) is 2.59. The van der Waals surface area contributed by atoms with E-state index in [0.717, 1.165) is 19.6 Å². The van der Waals surface area contributed by atoms with E-state index in [4.69, 9.17) is 0 Å². The van der Waals surface area contributed by atoms with Crippen LogP contribution < -0.4 is 5.32 Å². The number of nitrogens with one attached hydrogen (secondary N) is 1. The molecule has 1 aliphatic heterocycles. The molecule has 1 N–H and O–H groups in total. The lowest BCUT2D eigenvalue weighted by Crippen LogP contribution is -2.48. The van der Waals surface area contributed by atoms with Crippen molar-refractivity contribution < 1.29 is 0 Å². The van der Waals surface area contributed by atoms with Crippen molar-refractivity contribution in [1.29, 1.82) is 0 Å². The molecule has 19 heavy (non-hydrogen) atoms. The highest BCUT2D eigenvalue weighted by atomic mass is 15.2. The highest BCUT2D eigenvalue weighted by Crippen LogP contribution is 2.29. The molecular formula is C17H28N2. The Morgan fingerprint density at radius 1 is 1.00 bits per heavy atom. The van der Waals surface area contributed by atoms with Gasteiger partial charge < -0.3 is 5.32 Å². The Morgan fingerprint density at radius 3 is 2.21 bits per heavy atom. The third-order valence-corrected chi connectivity index (χ3v) is 4.40. The fourth-order valence-corrected chi connectivity index (χ4v) is 3.20. The van der Waals surface area contributed by atoms with Crippen molar-refractivity contribution in [3.8, 4) is 0 Å². The Hall–Kier alpha value is -0.860. The highest BCUT2D eigenvalue weighted by Gasteiger charge is 2.26. The van der Waals surface area contributed by atoms with E-state index in [2.05, 4.69) is 57.0 Å². The molecular weight excluding hydrogens is 232 g/mol. The molecule has 1 aromatic rings. The van der Waals surface area contributed by atoms with Gasteiger partial charge in [0.15, 0.2) is 0 Å². The van der Waals surface area contributed by atoms with Crippen LogP contribution in [-0.2, 0) is 5.41 Å². The van der Waals surface area contributed by atoms with E-state index in [0.29, 0.717) is 0 Å². The Balaban J connectivity index is 2.20. The molecule has 0 atom stereocenters.